The summed E-state index contributed by atoms with van der Waals surface area (Å²) in [4.78, 5) is 4.13. The summed E-state index contributed by atoms with van der Waals surface area (Å²) in [5, 5.41) is 7.02. The van der Waals surface area contributed by atoms with Crippen LogP contribution in [0, 0.1) is 0 Å². The number of hydrogen-bond acceptors (Lipinski definition) is 3. The summed E-state index contributed by atoms with van der Waals surface area (Å²) in [6.45, 7) is 2.13. The lowest BCUT2D eigenvalue weighted by atomic mass is 10.1. The summed E-state index contributed by atoms with van der Waals surface area (Å²) < 4.78 is 5.03. The standard InChI is InChI=1S/C17H21N3OS/c1-13(8-9-14-6-4-3-5-7-14)19-17(22)20-15-10-11-16(21-2)18-12-15/h3-7,10-13H,8-9H2,1-2H3,(H2,19,20,22). The Kier molecular flexibility index (Phi) is 6.15. The molecule has 2 rings (SSSR count). The zero-order valence-electron chi connectivity index (χ0n) is 12.9. The Bertz CT molecular complexity index is 587. The number of ether oxygens (including phenoxy) is 1. The molecule has 0 amide bonds. The third-order valence-corrected chi connectivity index (χ3v) is 3.51. The number of thiocarbonyl (C=S) groups is 1. The number of rotatable bonds is 6. The highest BCUT2D eigenvalue weighted by Crippen LogP contribution is 2.11. The molecule has 4 nitrogen and oxygen atoms in total. The van der Waals surface area contributed by atoms with Crippen LogP contribution in [-0.2, 0) is 6.42 Å². The molecule has 1 unspecified atom stereocenters. The van der Waals surface area contributed by atoms with E-state index in [1.165, 1.54) is 5.56 Å². The van der Waals surface area contributed by atoms with Crippen molar-refractivity contribution in [1.82, 2.24) is 10.3 Å². The maximum Gasteiger partial charge on any atom is 0.213 e. The molecule has 0 aliphatic heterocycles. The summed E-state index contributed by atoms with van der Waals surface area (Å²) >= 11 is 5.32. The van der Waals surface area contributed by atoms with Gasteiger partial charge in [0.25, 0.3) is 0 Å². The fraction of sp³-hybridized carbons (Fsp3) is 0.294. The average molecular weight is 315 g/mol. The van der Waals surface area contributed by atoms with E-state index in [0.29, 0.717) is 17.0 Å². The van der Waals surface area contributed by atoms with Gasteiger partial charge in [0.15, 0.2) is 5.11 Å². The van der Waals surface area contributed by atoms with Crippen LogP contribution in [0.15, 0.2) is 48.7 Å². The maximum atomic E-state index is 5.32. The van der Waals surface area contributed by atoms with Crippen LogP contribution in [0.2, 0.25) is 0 Å². The van der Waals surface area contributed by atoms with E-state index in [4.69, 9.17) is 17.0 Å². The Hall–Kier alpha value is -2.14. The Balaban J connectivity index is 1.75. The van der Waals surface area contributed by atoms with Crippen molar-refractivity contribution >= 4 is 23.0 Å². The van der Waals surface area contributed by atoms with Gasteiger partial charge < -0.3 is 15.4 Å². The second kappa shape index (κ2) is 8.34. The van der Waals surface area contributed by atoms with Gasteiger partial charge >= 0.3 is 0 Å². The molecule has 116 valence electrons. The SMILES string of the molecule is COc1ccc(NC(=S)NC(C)CCc2ccccc2)cn1. The Morgan fingerprint density at radius 3 is 2.64 bits per heavy atom. The molecule has 22 heavy (non-hydrogen) atoms. The van der Waals surface area contributed by atoms with Crippen LogP contribution >= 0.6 is 12.2 Å². The molecule has 1 aromatic heterocycles. The van der Waals surface area contributed by atoms with Gasteiger partial charge in [-0.05, 0) is 43.6 Å². The van der Waals surface area contributed by atoms with Crippen LogP contribution in [0.5, 0.6) is 5.88 Å². The molecule has 0 bridgehead atoms. The van der Waals surface area contributed by atoms with Crippen molar-refractivity contribution in [2.45, 2.75) is 25.8 Å². The number of aryl methyl sites for hydroxylation is 1. The lowest BCUT2D eigenvalue weighted by Gasteiger charge is -2.17. The summed E-state index contributed by atoms with van der Waals surface area (Å²) in [6.07, 6.45) is 3.75. The van der Waals surface area contributed by atoms with Gasteiger partial charge in [-0.3, -0.25) is 0 Å². The van der Waals surface area contributed by atoms with Crippen molar-refractivity contribution in [1.29, 1.82) is 0 Å². The minimum atomic E-state index is 0.298. The van der Waals surface area contributed by atoms with Crippen molar-refractivity contribution < 1.29 is 4.74 Å². The molecule has 2 N–H and O–H groups in total. The molecule has 0 fully saturated rings. The van der Waals surface area contributed by atoms with Gasteiger partial charge in [-0.2, -0.15) is 0 Å². The first-order valence-corrected chi connectivity index (χ1v) is 7.69. The lowest BCUT2D eigenvalue weighted by Crippen LogP contribution is -2.36. The largest absolute Gasteiger partial charge is 0.481 e. The van der Waals surface area contributed by atoms with E-state index in [0.717, 1.165) is 18.5 Å². The molecule has 0 aliphatic carbocycles. The number of pyridine rings is 1. The van der Waals surface area contributed by atoms with E-state index in [1.54, 1.807) is 19.4 Å². The smallest absolute Gasteiger partial charge is 0.213 e. The van der Waals surface area contributed by atoms with Crippen LogP contribution in [0.25, 0.3) is 0 Å². The van der Waals surface area contributed by atoms with Crippen LogP contribution in [0.4, 0.5) is 5.69 Å². The van der Waals surface area contributed by atoms with Crippen LogP contribution in [0.3, 0.4) is 0 Å². The Morgan fingerprint density at radius 1 is 1.23 bits per heavy atom. The number of nitrogens with one attached hydrogen (secondary N) is 2. The molecule has 1 atom stereocenters. The average Bonchev–Trinajstić information content (AvgIpc) is 2.54. The van der Waals surface area contributed by atoms with Crippen molar-refractivity contribution in [3.8, 4) is 5.88 Å². The number of anilines is 1. The fourth-order valence-electron chi connectivity index (χ4n) is 2.07. The second-order valence-electron chi connectivity index (χ2n) is 5.11. The summed E-state index contributed by atoms with van der Waals surface area (Å²) in [6, 6.07) is 14.4. The maximum absolute atomic E-state index is 5.32. The number of benzene rings is 1. The summed E-state index contributed by atoms with van der Waals surface area (Å²) in [7, 11) is 1.59. The quantitative estimate of drug-likeness (QED) is 0.800. The van der Waals surface area contributed by atoms with Gasteiger partial charge in [-0.15, -0.1) is 0 Å². The first kappa shape index (κ1) is 16.2. The van der Waals surface area contributed by atoms with E-state index >= 15 is 0 Å². The molecule has 0 radical (unpaired) electrons. The third kappa shape index (κ3) is 5.33. The first-order valence-electron chi connectivity index (χ1n) is 7.29. The molecule has 2 aromatic rings. The minimum Gasteiger partial charge on any atom is -0.481 e. The van der Waals surface area contributed by atoms with Gasteiger partial charge in [0.1, 0.15) is 0 Å². The lowest BCUT2D eigenvalue weighted by molar-refractivity contribution is 0.398. The van der Waals surface area contributed by atoms with Gasteiger partial charge in [0.2, 0.25) is 5.88 Å². The summed E-state index contributed by atoms with van der Waals surface area (Å²) in [5.74, 6) is 0.584. The minimum absolute atomic E-state index is 0.298. The van der Waals surface area contributed by atoms with Crippen LogP contribution < -0.4 is 15.4 Å². The zero-order chi connectivity index (χ0) is 15.8. The number of hydrogen-bond donors (Lipinski definition) is 2. The van der Waals surface area contributed by atoms with Crippen molar-refractivity contribution in [2.24, 2.45) is 0 Å². The molecular weight excluding hydrogens is 294 g/mol. The molecule has 0 saturated carbocycles. The van der Waals surface area contributed by atoms with Crippen LogP contribution in [0.1, 0.15) is 18.9 Å². The highest BCUT2D eigenvalue weighted by Gasteiger charge is 2.05. The third-order valence-electron chi connectivity index (χ3n) is 3.29. The zero-order valence-corrected chi connectivity index (χ0v) is 13.7. The number of nitrogens with zero attached hydrogens (tertiary/aromatic N) is 1. The highest BCUT2D eigenvalue weighted by atomic mass is 32.1. The van der Waals surface area contributed by atoms with Crippen molar-refractivity contribution in [3.63, 3.8) is 0 Å². The van der Waals surface area contributed by atoms with Crippen molar-refractivity contribution in [2.75, 3.05) is 12.4 Å². The molecule has 0 spiro atoms. The summed E-state index contributed by atoms with van der Waals surface area (Å²) in [5.41, 5.74) is 2.18. The van der Waals surface area contributed by atoms with E-state index in [1.807, 2.05) is 12.1 Å². The molecule has 0 aliphatic rings. The molecule has 1 aromatic carbocycles. The first-order chi connectivity index (χ1) is 10.7. The predicted molar refractivity (Wildman–Crippen MR) is 94.4 cm³/mol. The number of methoxy groups -OCH3 is 1. The molecular formula is C17H21N3OS. The molecule has 5 heteroatoms. The van der Waals surface area contributed by atoms with Gasteiger partial charge in [-0.25, -0.2) is 4.98 Å². The normalized spacial score (nSPS) is 11.5. The molecule has 0 saturated heterocycles. The van der Waals surface area contributed by atoms with Gasteiger partial charge in [0.05, 0.1) is 19.0 Å². The van der Waals surface area contributed by atoms with E-state index < -0.39 is 0 Å². The van der Waals surface area contributed by atoms with E-state index in [9.17, 15) is 0 Å². The Labute approximate surface area is 136 Å². The predicted octanol–water partition coefficient (Wildman–Crippen LogP) is 3.40. The number of aromatic nitrogens is 1. The van der Waals surface area contributed by atoms with Gasteiger partial charge in [0, 0.05) is 12.1 Å². The Morgan fingerprint density at radius 2 is 2.00 bits per heavy atom. The van der Waals surface area contributed by atoms with Crippen molar-refractivity contribution in [3.05, 3.63) is 54.2 Å². The highest BCUT2D eigenvalue weighted by molar-refractivity contribution is 7.80. The second-order valence-corrected chi connectivity index (χ2v) is 5.52. The fourth-order valence-corrected chi connectivity index (χ4v) is 2.39. The van der Waals surface area contributed by atoms with E-state index in [-0.39, 0.29) is 0 Å². The van der Waals surface area contributed by atoms with Crippen LogP contribution in [-0.4, -0.2) is 23.2 Å². The van der Waals surface area contributed by atoms with E-state index in [2.05, 4.69) is 46.8 Å². The monoisotopic (exact) mass is 315 g/mol. The molecule has 1 heterocycles. The topological polar surface area (TPSA) is 46.2 Å². The van der Waals surface area contributed by atoms with Gasteiger partial charge in [-0.1, -0.05) is 30.3 Å².